The number of nitrogens with one attached hydrogen (secondary N) is 1. The average Bonchev–Trinajstić information content (AvgIpc) is 3.24. The molecule has 0 aliphatic heterocycles. The van der Waals surface area contributed by atoms with Gasteiger partial charge in [-0.3, -0.25) is 14.4 Å². The van der Waals surface area contributed by atoms with Crippen molar-refractivity contribution < 1.29 is 23.9 Å². The zero-order valence-corrected chi connectivity index (χ0v) is 14.5. The van der Waals surface area contributed by atoms with Crippen molar-refractivity contribution in [2.24, 2.45) is 17.8 Å². The molecule has 3 rings (SSSR count). The van der Waals surface area contributed by atoms with E-state index in [4.69, 9.17) is 9.47 Å². The highest BCUT2D eigenvalue weighted by Crippen LogP contribution is 2.50. The Morgan fingerprint density at radius 3 is 2.24 bits per heavy atom. The number of carbonyl (C=O) groups excluding carboxylic acids is 3. The van der Waals surface area contributed by atoms with Crippen LogP contribution in [0.2, 0.25) is 0 Å². The lowest BCUT2D eigenvalue weighted by atomic mass is 10.0. The minimum atomic E-state index is -0.505. The molecule has 6 heteroatoms. The van der Waals surface area contributed by atoms with Crippen LogP contribution in [0.1, 0.15) is 28.9 Å². The predicted molar refractivity (Wildman–Crippen MR) is 91.1 cm³/mol. The van der Waals surface area contributed by atoms with Crippen molar-refractivity contribution in [3.63, 3.8) is 0 Å². The van der Waals surface area contributed by atoms with Crippen LogP contribution in [-0.2, 0) is 19.1 Å². The molecule has 1 saturated carbocycles. The summed E-state index contributed by atoms with van der Waals surface area (Å²) < 4.78 is 9.50. The van der Waals surface area contributed by atoms with Gasteiger partial charge in [0.05, 0.1) is 26.1 Å². The molecule has 0 unspecified atom stereocenters. The molecule has 1 aromatic carbocycles. The van der Waals surface area contributed by atoms with Crippen LogP contribution in [0.3, 0.4) is 0 Å². The van der Waals surface area contributed by atoms with Gasteiger partial charge in [0, 0.05) is 28.6 Å². The number of Topliss-reactive ketones (excluding diaryl/α,β-unsaturated/α-hetero) is 1. The summed E-state index contributed by atoms with van der Waals surface area (Å²) in [5, 5.41) is 0.898. The maximum absolute atomic E-state index is 12.7. The second-order valence-electron chi connectivity index (χ2n) is 6.39. The summed E-state index contributed by atoms with van der Waals surface area (Å²) in [5.41, 5.74) is 2.44. The molecular formula is C19H21NO5. The number of hydrogen-bond donors (Lipinski definition) is 1. The number of aromatic nitrogens is 1. The lowest BCUT2D eigenvalue weighted by Crippen LogP contribution is -2.10. The zero-order valence-electron chi connectivity index (χ0n) is 14.5. The first kappa shape index (κ1) is 17.2. The monoisotopic (exact) mass is 343 g/mol. The first-order valence-electron chi connectivity index (χ1n) is 8.25. The van der Waals surface area contributed by atoms with E-state index in [0.29, 0.717) is 12.0 Å². The van der Waals surface area contributed by atoms with E-state index in [2.05, 4.69) is 4.98 Å². The molecule has 1 aromatic heterocycles. The van der Waals surface area contributed by atoms with Gasteiger partial charge in [0.2, 0.25) is 0 Å². The fourth-order valence-corrected chi connectivity index (χ4v) is 3.71. The minimum absolute atomic E-state index is 0.00841. The van der Waals surface area contributed by atoms with Gasteiger partial charge in [-0.2, -0.15) is 0 Å². The number of para-hydroxylation sites is 1. The molecule has 2 atom stereocenters. The summed E-state index contributed by atoms with van der Waals surface area (Å²) in [6.07, 6.45) is 0.728. The third kappa shape index (κ3) is 3.04. The summed E-state index contributed by atoms with van der Waals surface area (Å²) in [5.74, 6) is -2.04. The van der Waals surface area contributed by atoms with Crippen LogP contribution >= 0.6 is 0 Å². The van der Waals surface area contributed by atoms with Crippen LogP contribution < -0.4 is 0 Å². The first-order valence-corrected chi connectivity index (χ1v) is 8.25. The van der Waals surface area contributed by atoms with E-state index in [1.165, 1.54) is 14.2 Å². The van der Waals surface area contributed by atoms with Crippen molar-refractivity contribution in [2.75, 3.05) is 14.2 Å². The van der Waals surface area contributed by atoms with Crippen molar-refractivity contribution in [3.05, 3.63) is 35.5 Å². The Kier molecular flexibility index (Phi) is 4.61. The van der Waals surface area contributed by atoms with E-state index in [-0.39, 0.29) is 18.1 Å². The molecule has 0 radical (unpaired) electrons. The molecule has 132 valence electrons. The number of ether oxygens (including phenoxy) is 2. The Bertz CT molecular complexity index is 815. The smallest absolute Gasteiger partial charge is 0.309 e. The normalized spacial score (nSPS) is 21.8. The number of rotatable bonds is 6. The highest BCUT2D eigenvalue weighted by atomic mass is 16.5. The topological polar surface area (TPSA) is 85.5 Å². The van der Waals surface area contributed by atoms with Gasteiger partial charge in [0.1, 0.15) is 0 Å². The highest BCUT2D eigenvalue weighted by molar-refractivity contribution is 6.09. The van der Waals surface area contributed by atoms with Gasteiger partial charge in [-0.15, -0.1) is 0 Å². The molecule has 1 aliphatic rings. The number of aromatic amines is 1. The van der Waals surface area contributed by atoms with Crippen LogP contribution in [0, 0.1) is 24.7 Å². The zero-order chi connectivity index (χ0) is 18.1. The standard InChI is InChI=1S/C19H21NO5/c1-10-15(11-6-4-5-7-13(11)20-10)14(21)9-8-12-16(18(22)24-2)17(12)19(23)25-3/h4-7,12,16-17,20H,8-9H2,1-3H3/t16-,17-/m1/s1. The summed E-state index contributed by atoms with van der Waals surface area (Å²) in [4.78, 5) is 39.5. The van der Waals surface area contributed by atoms with Crippen LogP contribution in [0.25, 0.3) is 10.9 Å². The fraction of sp³-hybridized carbons (Fsp3) is 0.421. The van der Waals surface area contributed by atoms with Gasteiger partial charge in [0.15, 0.2) is 5.78 Å². The van der Waals surface area contributed by atoms with E-state index in [9.17, 15) is 14.4 Å². The molecule has 2 aromatic rings. The van der Waals surface area contributed by atoms with Crippen LogP contribution in [0.15, 0.2) is 24.3 Å². The van der Waals surface area contributed by atoms with E-state index in [1.54, 1.807) is 0 Å². The lowest BCUT2D eigenvalue weighted by Gasteiger charge is -2.02. The predicted octanol–water partition coefficient (Wildman–Crippen LogP) is 2.65. The van der Waals surface area contributed by atoms with Gasteiger partial charge < -0.3 is 14.5 Å². The Labute approximate surface area is 145 Å². The fourth-order valence-electron chi connectivity index (χ4n) is 3.71. The number of hydrogen-bond acceptors (Lipinski definition) is 5. The van der Waals surface area contributed by atoms with Gasteiger partial charge in [-0.25, -0.2) is 0 Å². The molecule has 1 N–H and O–H groups in total. The highest BCUT2D eigenvalue weighted by Gasteiger charge is 2.60. The molecule has 1 aliphatic carbocycles. The number of aryl methyl sites for hydroxylation is 1. The van der Waals surface area contributed by atoms with Gasteiger partial charge in [-0.1, -0.05) is 18.2 Å². The van der Waals surface area contributed by atoms with Gasteiger partial charge in [-0.05, 0) is 25.3 Å². The number of H-pyrrole nitrogens is 1. The van der Waals surface area contributed by atoms with Crippen LogP contribution in [0.4, 0.5) is 0 Å². The Hall–Kier alpha value is -2.63. The van der Waals surface area contributed by atoms with Crippen molar-refractivity contribution in [3.8, 4) is 0 Å². The van der Waals surface area contributed by atoms with E-state index in [1.807, 2.05) is 31.2 Å². The van der Waals surface area contributed by atoms with Crippen molar-refractivity contribution in [2.45, 2.75) is 19.8 Å². The quantitative estimate of drug-likeness (QED) is 0.644. The number of esters is 2. The molecular weight excluding hydrogens is 322 g/mol. The maximum Gasteiger partial charge on any atom is 0.309 e. The third-order valence-corrected chi connectivity index (χ3v) is 4.99. The molecule has 0 saturated heterocycles. The molecule has 0 spiro atoms. The summed E-state index contributed by atoms with van der Waals surface area (Å²) in [6, 6.07) is 7.66. The number of benzene rings is 1. The SMILES string of the molecule is COC(=O)[C@@H]1C(CCC(=O)c2c(C)[nH]c3ccccc23)[C@H]1C(=O)OC. The Morgan fingerprint density at radius 2 is 1.64 bits per heavy atom. The van der Waals surface area contributed by atoms with E-state index >= 15 is 0 Å². The number of carbonyl (C=O) groups is 3. The Morgan fingerprint density at radius 1 is 1.04 bits per heavy atom. The number of ketones is 1. The Balaban J connectivity index is 1.72. The number of fused-ring (bicyclic) bond motifs is 1. The summed E-state index contributed by atoms with van der Waals surface area (Å²) in [6.45, 7) is 1.87. The van der Waals surface area contributed by atoms with Crippen LogP contribution in [0.5, 0.6) is 0 Å². The molecule has 25 heavy (non-hydrogen) atoms. The molecule has 1 heterocycles. The summed E-state index contributed by atoms with van der Waals surface area (Å²) in [7, 11) is 2.60. The van der Waals surface area contributed by atoms with Gasteiger partial charge >= 0.3 is 11.9 Å². The third-order valence-electron chi connectivity index (χ3n) is 4.99. The van der Waals surface area contributed by atoms with Crippen molar-refractivity contribution >= 4 is 28.6 Å². The van der Waals surface area contributed by atoms with Crippen molar-refractivity contribution in [1.29, 1.82) is 0 Å². The van der Waals surface area contributed by atoms with Gasteiger partial charge in [0.25, 0.3) is 0 Å². The van der Waals surface area contributed by atoms with E-state index < -0.39 is 23.8 Å². The largest absolute Gasteiger partial charge is 0.469 e. The van der Waals surface area contributed by atoms with Crippen LogP contribution in [-0.4, -0.2) is 36.9 Å². The molecule has 1 fully saturated rings. The lowest BCUT2D eigenvalue weighted by molar-refractivity contribution is -0.148. The second kappa shape index (κ2) is 6.70. The second-order valence-corrected chi connectivity index (χ2v) is 6.39. The molecule has 0 bridgehead atoms. The van der Waals surface area contributed by atoms with Crippen molar-refractivity contribution in [1.82, 2.24) is 4.98 Å². The first-order chi connectivity index (χ1) is 12.0. The maximum atomic E-state index is 12.7. The molecule has 0 amide bonds. The number of methoxy groups -OCH3 is 2. The average molecular weight is 343 g/mol. The minimum Gasteiger partial charge on any atom is -0.469 e. The molecule has 6 nitrogen and oxygen atoms in total. The summed E-state index contributed by atoms with van der Waals surface area (Å²) >= 11 is 0. The van der Waals surface area contributed by atoms with E-state index in [0.717, 1.165) is 16.6 Å².